The Labute approximate surface area is 129 Å². The summed E-state index contributed by atoms with van der Waals surface area (Å²) in [5.41, 5.74) is 0. The minimum absolute atomic E-state index is 0. The van der Waals surface area contributed by atoms with Gasteiger partial charge >= 0.3 is 0 Å². The zero-order valence-corrected chi connectivity index (χ0v) is 13.4. The fourth-order valence-electron chi connectivity index (χ4n) is 2.12. The maximum Gasteiger partial charge on any atom is 0.190 e. The Morgan fingerprint density at radius 2 is 2.37 bits per heavy atom. The quantitative estimate of drug-likeness (QED) is 0.461. The highest BCUT2D eigenvalue weighted by molar-refractivity contribution is 14.0. The summed E-state index contributed by atoms with van der Waals surface area (Å²) < 4.78 is 13.6. The van der Waals surface area contributed by atoms with Crippen LogP contribution in [-0.4, -0.2) is 44.2 Å². The predicted molar refractivity (Wildman–Crippen MR) is 85.8 cm³/mol. The Kier molecular flexibility index (Phi) is 6.26. The molecule has 19 heavy (non-hydrogen) atoms. The van der Waals surface area contributed by atoms with Crippen molar-refractivity contribution < 1.29 is 4.39 Å². The van der Waals surface area contributed by atoms with E-state index in [-0.39, 0.29) is 35.8 Å². The molecule has 106 valence electrons. The van der Waals surface area contributed by atoms with Gasteiger partial charge in [0, 0.05) is 39.4 Å². The highest BCUT2D eigenvalue weighted by Crippen LogP contribution is 2.20. The molecule has 2 heterocycles. The van der Waals surface area contributed by atoms with Gasteiger partial charge in [-0.15, -0.1) is 24.0 Å². The lowest BCUT2D eigenvalue weighted by atomic mass is 10.3. The maximum atomic E-state index is 13.6. The third-order valence-electron chi connectivity index (χ3n) is 3.03. The number of aromatic nitrogens is 1. The first-order chi connectivity index (χ1) is 8.74. The van der Waals surface area contributed by atoms with E-state index >= 15 is 0 Å². The second-order valence-electron chi connectivity index (χ2n) is 4.21. The molecule has 0 amide bonds. The number of rotatable bonds is 2. The average molecular weight is 379 g/mol. The van der Waals surface area contributed by atoms with Crippen molar-refractivity contribution in [2.24, 2.45) is 4.99 Å². The summed E-state index contributed by atoms with van der Waals surface area (Å²) in [6.07, 6.45) is 2.56. The topological polar surface area (TPSA) is 52.6 Å². The molecular formula is C12H19FIN5. The van der Waals surface area contributed by atoms with Crippen molar-refractivity contribution in [1.29, 1.82) is 0 Å². The van der Waals surface area contributed by atoms with E-state index in [2.05, 4.69) is 20.6 Å². The Bertz CT molecular complexity index is 440. The molecule has 1 fully saturated rings. The van der Waals surface area contributed by atoms with Gasteiger partial charge in [0.2, 0.25) is 0 Å². The van der Waals surface area contributed by atoms with Crippen molar-refractivity contribution in [3.63, 3.8) is 0 Å². The number of anilines is 1. The van der Waals surface area contributed by atoms with E-state index in [0.717, 1.165) is 25.5 Å². The predicted octanol–water partition coefficient (Wildman–Crippen LogP) is 1.21. The summed E-state index contributed by atoms with van der Waals surface area (Å²) in [5.74, 6) is 0.917. The second kappa shape index (κ2) is 7.46. The molecule has 2 rings (SSSR count). The van der Waals surface area contributed by atoms with Gasteiger partial charge in [0.25, 0.3) is 0 Å². The van der Waals surface area contributed by atoms with Crippen LogP contribution in [0.25, 0.3) is 0 Å². The van der Waals surface area contributed by atoms with Crippen LogP contribution in [0.3, 0.4) is 0 Å². The summed E-state index contributed by atoms with van der Waals surface area (Å²) in [6, 6.07) is 3.31. The summed E-state index contributed by atoms with van der Waals surface area (Å²) in [5, 5.41) is 6.26. The van der Waals surface area contributed by atoms with Crippen LogP contribution in [0.15, 0.2) is 23.3 Å². The molecule has 0 aliphatic carbocycles. The van der Waals surface area contributed by atoms with E-state index in [0.29, 0.717) is 5.82 Å². The average Bonchev–Trinajstić information content (AvgIpc) is 2.85. The Hall–Kier alpha value is -1.12. The first-order valence-corrected chi connectivity index (χ1v) is 6.01. The SMILES string of the molecule is CN=C(NC)NC1CCN(c2ncccc2F)C1.I. The minimum Gasteiger partial charge on any atom is -0.359 e. The summed E-state index contributed by atoms with van der Waals surface area (Å²) in [7, 11) is 3.55. The lowest BCUT2D eigenvalue weighted by molar-refractivity contribution is 0.613. The van der Waals surface area contributed by atoms with Crippen molar-refractivity contribution in [3.8, 4) is 0 Å². The lowest BCUT2D eigenvalue weighted by Crippen LogP contribution is -2.43. The molecule has 0 spiro atoms. The zero-order valence-electron chi connectivity index (χ0n) is 11.1. The Balaban J connectivity index is 0.00000180. The van der Waals surface area contributed by atoms with Crippen molar-refractivity contribution in [2.45, 2.75) is 12.5 Å². The Morgan fingerprint density at radius 3 is 3.00 bits per heavy atom. The van der Waals surface area contributed by atoms with E-state index in [4.69, 9.17) is 0 Å². The summed E-state index contributed by atoms with van der Waals surface area (Å²) >= 11 is 0. The van der Waals surface area contributed by atoms with Gasteiger partial charge in [-0.05, 0) is 18.6 Å². The molecule has 0 aromatic carbocycles. The molecule has 1 aliphatic rings. The van der Waals surface area contributed by atoms with Gasteiger partial charge in [0.15, 0.2) is 17.6 Å². The van der Waals surface area contributed by atoms with Crippen LogP contribution in [0, 0.1) is 5.82 Å². The number of nitrogens with one attached hydrogen (secondary N) is 2. The summed E-state index contributed by atoms with van der Waals surface area (Å²) in [4.78, 5) is 10.1. The van der Waals surface area contributed by atoms with Gasteiger partial charge < -0.3 is 15.5 Å². The summed E-state index contributed by atoms with van der Waals surface area (Å²) in [6.45, 7) is 1.53. The molecule has 0 radical (unpaired) electrons. The van der Waals surface area contributed by atoms with Gasteiger partial charge in [-0.2, -0.15) is 0 Å². The lowest BCUT2D eigenvalue weighted by Gasteiger charge is -2.19. The van der Waals surface area contributed by atoms with Gasteiger partial charge in [-0.1, -0.05) is 0 Å². The van der Waals surface area contributed by atoms with Crippen molar-refractivity contribution in [1.82, 2.24) is 15.6 Å². The van der Waals surface area contributed by atoms with Crippen LogP contribution in [0.2, 0.25) is 0 Å². The number of aliphatic imine (C=N–C) groups is 1. The first kappa shape index (κ1) is 15.9. The van der Waals surface area contributed by atoms with E-state index in [9.17, 15) is 4.39 Å². The van der Waals surface area contributed by atoms with Crippen molar-refractivity contribution in [2.75, 3.05) is 32.1 Å². The molecule has 2 N–H and O–H groups in total. The number of hydrogen-bond donors (Lipinski definition) is 2. The van der Waals surface area contributed by atoms with Crippen molar-refractivity contribution in [3.05, 3.63) is 24.1 Å². The smallest absolute Gasteiger partial charge is 0.190 e. The van der Waals surface area contributed by atoms with Gasteiger partial charge in [-0.3, -0.25) is 4.99 Å². The number of guanidine groups is 1. The van der Waals surface area contributed by atoms with Gasteiger partial charge in [0.1, 0.15) is 0 Å². The van der Waals surface area contributed by atoms with E-state index in [1.54, 1.807) is 19.3 Å². The van der Waals surface area contributed by atoms with Crippen LogP contribution < -0.4 is 15.5 Å². The van der Waals surface area contributed by atoms with Crippen LogP contribution in [0.1, 0.15) is 6.42 Å². The maximum absolute atomic E-state index is 13.6. The molecule has 1 atom stereocenters. The number of hydrogen-bond acceptors (Lipinski definition) is 3. The highest BCUT2D eigenvalue weighted by atomic mass is 127. The third kappa shape index (κ3) is 3.92. The molecule has 0 bridgehead atoms. The van der Waals surface area contributed by atoms with Crippen LogP contribution in [0.5, 0.6) is 0 Å². The molecule has 1 saturated heterocycles. The highest BCUT2D eigenvalue weighted by Gasteiger charge is 2.25. The number of nitrogens with zero attached hydrogens (tertiary/aromatic N) is 3. The molecular weight excluding hydrogens is 360 g/mol. The molecule has 1 aliphatic heterocycles. The molecule has 1 aromatic heterocycles. The molecule has 1 unspecified atom stereocenters. The molecule has 5 nitrogen and oxygen atoms in total. The van der Waals surface area contributed by atoms with Crippen LogP contribution in [0.4, 0.5) is 10.2 Å². The molecule has 1 aromatic rings. The monoisotopic (exact) mass is 379 g/mol. The minimum atomic E-state index is -0.267. The van der Waals surface area contributed by atoms with Gasteiger partial charge in [-0.25, -0.2) is 9.37 Å². The third-order valence-corrected chi connectivity index (χ3v) is 3.03. The zero-order chi connectivity index (χ0) is 13.0. The largest absolute Gasteiger partial charge is 0.359 e. The fraction of sp³-hybridized carbons (Fsp3) is 0.500. The number of pyridine rings is 1. The van der Waals surface area contributed by atoms with Gasteiger partial charge in [0.05, 0.1) is 0 Å². The van der Waals surface area contributed by atoms with E-state index < -0.39 is 0 Å². The first-order valence-electron chi connectivity index (χ1n) is 6.01. The van der Waals surface area contributed by atoms with Crippen molar-refractivity contribution >= 4 is 35.8 Å². The number of halogens is 2. The van der Waals surface area contributed by atoms with Crippen LogP contribution >= 0.6 is 24.0 Å². The molecule has 0 saturated carbocycles. The van der Waals surface area contributed by atoms with E-state index in [1.165, 1.54) is 6.07 Å². The Morgan fingerprint density at radius 1 is 1.58 bits per heavy atom. The van der Waals surface area contributed by atoms with Crippen LogP contribution in [-0.2, 0) is 0 Å². The second-order valence-corrected chi connectivity index (χ2v) is 4.21. The van der Waals surface area contributed by atoms with E-state index in [1.807, 2.05) is 11.9 Å². The molecule has 7 heteroatoms. The fourth-order valence-corrected chi connectivity index (χ4v) is 2.12. The standard InChI is InChI=1S/C12H18FN5.HI/c1-14-12(15-2)17-9-5-7-18(8-9)11-10(13)4-3-6-16-11;/h3-4,6,9H,5,7-8H2,1-2H3,(H2,14,15,17);1H. The normalized spacial score (nSPS) is 19.0.